The highest BCUT2D eigenvalue weighted by molar-refractivity contribution is 5.99. The molecule has 0 radical (unpaired) electrons. The third-order valence-corrected chi connectivity index (χ3v) is 2.66. The van der Waals surface area contributed by atoms with Gasteiger partial charge in [-0.2, -0.15) is 0 Å². The van der Waals surface area contributed by atoms with Crippen LogP contribution in [-0.4, -0.2) is 46.8 Å². The Morgan fingerprint density at radius 1 is 1.48 bits per heavy atom. The van der Waals surface area contributed by atoms with Crippen molar-refractivity contribution in [3.63, 3.8) is 0 Å². The molecule has 1 unspecified atom stereocenters. The van der Waals surface area contributed by atoms with Crippen molar-refractivity contribution in [2.45, 2.75) is 12.5 Å². The first kappa shape index (κ1) is 16.4. The number of carboxylic acid groups (broad SMARTS) is 1. The van der Waals surface area contributed by atoms with Crippen LogP contribution >= 0.6 is 0 Å². The largest absolute Gasteiger partial charge is 0.496 e. The SMILES string of the molecule is COc1cc([N+](=O)[O-])ccc1C(=O)NC(CCO)C(=O)O. The number of nitrogens with one attached hydrogen (secondary N) is 1. The van der Waals surface area contributed by atoms with Crippen molar-refractivity contribution < 1.29 is 29.5 Å². The Bertz CT molecular complexity index is 559. The van der Waals surface area contributed by atoms with Gasteiger partial charge in [-0.1, -0.05) is 0 Å². The summed E-state index contributed by atoms with van der Waals surface area (Å²) in [5.41, 5.74) is -0.291. The number of hydrogen-bond acceptors (Lipinski definition) is 6. The summed E-state index contributed by atoms with van der Waals surface area (Å²) in [5.74, 6) is -2.10. The fraction of sp³-hybridized carbons (Fsp3) is 0.333. The number of benzene rings is 1. The molecule has 9 nitrogen and oxygen atoms in total. The maximum absolute atomic E-state index is 12.0. The van der Waals surface area contributed by atoms with E-state index in [1.54, 1.807) is 0 Å². The number of aliphatic hydroxyl groups excluding tert-OH is 1. The number of nitro groups is 1. The van der Waals surface area contributed by atoms with Gasteiger partial charge in [0.25, 0.3) is 11.6 Å². The number of non-ortho nitro benzene ring substituents is 1. The van der Waals surface area contributed by atoms with Crippen LogP contribution in [0.25, 0.3) is 0 Å². The molecule has 21 heavy (non-hydrogen) atoms. The van der Waals surface area contributed by atoms with E-state index in [-0.39, 0.29) is 23.4 Å². The van der Waals surface area contributed by atoms with Crippen molar-refractivity contribution in [1.29, 1.82) is 0 Å². The van der Waals surface area contributed by atoms with Gasteiger partial charge < -0.3 is 20.3 Å². The molecule has 0 bridgehead atoms. The number of aliphatic hydroxyl groups is 1. The molecule has 1 atom stereocenters. The molecule has 9 heteroatoms. The van der Waals surface area contributed by atoms with Crippen LogP contribution in [-0.2, 0) is 4.79 Å². The summed E-state index contributed by atoms with van der Waals surface area (Å²) in [4.78, 5) is 32.9. The Kier molecular flexibility index (Phi) is 5.61. The number of hydrogen-bond donors (Lipinski definition) is 3. The van der Waals surface area contributed by atoms with Crippen molar-refractivity contribution in [2.75, 3.05) is 13.7 Å². The number of carbonyl (C=O) groups is 2. The minimum Gasteiger partial charge on any atom is -0.496 e. The maximum atomic E-state index is 12.0. The standard InChI is InChI=1S/C12H14N2O7/c1-21-10-6-7(14(19)20)2-3-8(10)11(16)13-9(4-5-15)12(17)18/h2-3,6,9,15H,4-5H2,1H3,(H,13,16)(H,17,18). The topological polar surface area (TPSA) is 139 Å². The lowest BCUT2D eigenvalue weighted by molar-refractivity contribution is -0.384. The van der Waals surface area contributed by atoms with E-state index in [9.17, 15) is 19.7 Å². The second kappa shape index (κ2) is 7.20. The van der Waals surface area contributed by atoms with E-state index in [1.165, 1.54) is 13.2 Å². The quantitative estimate of drug-likeness (QED) is 0.481. The summed E-state index contributed by atoms with van der Waals surface area (Å²) < 4.78 is 4.90. The van der Waals surface area contributed by atoms with Crippen LogP contribution < -0.4 is 10.1 Å². The lowest BCUT2D eigenvalue weighted by Gasteiger charge is -2.14. The van der Waals surface area contributed by atoms with Gasteiger partial charge in [0.1, 0.15) is 11.8 Å². The molecule has 3 N–H and O–H groups in total. The van der Waals surface area contributed by atoms with Crippen molar-refractivity contribution in [3.05, 3.63) is 33.9 Å². The zero-order valence-electron chi connectivity index (χ0n) is 11.1. The molecule has 0 aliphatic rings. The van der Waals surface area contributed by atoms with Crippen LogP contribution in [0.2, 0.25) is 0 Å². The van der Waals surface area contributed by atoms with E-state index in [1.807, 2.05) is 0 Å². The average Bonchev–Trinajstić information content (AvgIpc) is 2.45. The fourth-order valence-corrected chi connectivity index (χ4v) is 1.60. The highest BCUT2D eigenvalue weighted by Gasteiger charge is 2.23. The Balaban J connectivity index is 3.01. The molecule has 1 aromatic rings. The van der Waals surface area contributed by atoms with Gasteiger partial charge in [-0.15, -0.1) is 0 Å². The number of aliphatic carboxylic acids is 1. The van der Waals surface area contributed by atoms with E-state index >= 15 is 0 Å². The number of methoxy groups -OCH3 is 1. The number of carboxylic acids is 1. The third kappa shape index (κ3) is 4.14. The summed E-state index contributed by atoms with van der Waals surface area (Å²) in [5, 5.41) is 30.5. The summed E-state index contributed by atoms with van der Waals surface area (Å²) in [6, 6.07) is 2.09. The Hall–Kier alpha value is -2.68. The van der Waals surface area contributed by atoms with E-state index in [4.69, 9.17) is 14.9 Å². The molecule has 0 saturated heterocycles. The van der Waals surface area contributed by atoms with Gasteiger partial charge in [0.05, 0.1) is 23.7 Å². The second-order valence-corrected chi connectivity index (χ2v) is 4.02. The van der Waals surface area contributed by atoms with Gasteiger partial charge in [0.15, 0.2) is 0 Å². The predicted molar refractivity (Wildman–Crippen MR) is 70.2 cm³/mol. The van der Waals surface area contributed by atoms with Crippen molar-refractivity contribution >= 4 is 17.6 Å². The lowest BCUT2D eigenvalue weighted by Crippen LogP contribution is -2.41. The van der Waals surface area contributed by atoms with E-state index < -0.39 is 29.4 Å². The highest BCUT2D eigenvalue weighted by Crippen LogP contribution is 2.24. The number of ether oxygens (including phenoxy) is 1. The van der Waals surface area contributed by atoms with Gasteiger partial charge in [-0.3, -0.25) is 14.9 Å². The number of carbonyl (C=O) groups excluding carboxylic acids is 1. The van der Waals surface area contributed by atoms with Gasteiger partial charge >= 0.3 is 5.97 Å². The van der Waals surface area contributed by atoms with Crippen molar-refractivity contribution in [2.24, 2.45) is 0 Å². The van der Waals surface area contributed by atoms with E-state index in [0.29, 0.717) is 0 Å². The summed E-state index contributed by atoms with van der Waals surface area (Å²) in [6.45, 7) is -0.408. The minimum absolute atomic E-state index is 0.0349. The Morgan fingerprint density at radius 3 is 2.62 bits per heavy atom. The summed E-state index contributed by atoms with van der Waals surface area (Å²) >= 11 is 0. The molecule has 0 aliphatic heterocycles. The zero-order chi connectivity index (χ0) is 16.0. The van der Waals surface area contributed by atoms with Gasteiger partial charge in [0.2, 0.25) is 0 Å². The van der Waals surface area contributed by atoms with Crippen LogP contribution in [0.3, 0.4) is 0 Å². The first-order valence-electron chi connectivity index (χ1n) is 5.87. The number of nitro benzene ring substituents is 1. The van der Waals surface area contributed by atoms with Gasteiger partial charge in [0, 0.05) is 19.1 Å². The van der Waals surface area contributed by atoms with Crippen LogP contribution in [0, 0.1) is 10.1 Å². The monoisotopic (exact) mass is 298 g/mol. The van der Waals surface area contributed by atoms with Gasteiger partial charge in [-0.25, -0.2) is 4.79 Å². The van der Waals surface area contributed by atoms with E-state index in [0.717, 1.165) is 12.1 Å². The van der Waals surface area contributed by atoms with Crippen LogP contribution in [0.1, 0.15) is 16.8 Å². The zero-order valence-corrected chi connectivity index (χ0v) is 11.1. The third-order valence-electron chi connectivity index (χ3n) is 2.66. The smallest absolute Gasteiger partial charge is 0.326 e. The minimum atomic E-state index is -1.29. The van der Waals surface area contributed by atoms with Gasteiger partial charge in [-0.05, 0) is 6.07 Å². The molecule has 0 heterocycles. The molecule has 0 aromatic heterocycles. The normalized spacial score (nSPS) is 11.5. The van der Waals surface area contributed by atoms with Crippen molar-refractivity contribution in [3.8, 4) is 5.75 Å². The molecule has 114 valence electrons. The maximum Gasteiger partial charge on any atom is 0.326 e. The number of nitrogens with zero attached hydrogens (tertiary/aromatic N) is 1. The molecular formula is C12H14N2O7. The molecule has 1 aromatic carbocycles. The molecule has 0 saturated carbocycles. The lowest BCUT2D eigenvalue weighted by atomic mass is 10.1. The van der Waals surface area contributed by atoms with Crippen molar-refractivity contribution in [1.82, 2.24) is 5.32 Å². The molecule has 1 rings (SSSR count). The van der Waals surface area contributed by atoms with Crippen LogP contribution in [0.4, 0.5) is 5.69 Å². The molecular weight excluding hydrogens is 284 g/mol. The first-order valence-corrected chi connectivity index (χ1v) is 5.87. The van der Waals surface area contributed by atoms with E-state index in [2.05, 4.69) is 5.32 Å². The summed E-state index contributed by atoms with van der Waals surface area (Å²) in [6.07, 6.45) is -0.156. The Labute approximate surface area is 119 Å². The fourth-order valence-electron chi connectivity index (χ4n) is 1.60. The predicted octanol–water partition coefficient (Wildman–Crippen LogP) is 0.169. The second-order valence-electron chi connectivity index (χ2n) is 4.02. The first-order chi connectivity index (χ1) is 9.90. The van der Waals surface area contributed by atoms with Crippen LogP contribution in [0.15, 0.2) is 18.2 Å². The Morgan fingerprint density at radius 2 is 2.14 bits per heavy atom. The molecule has 1 amide bonds. The number of rotatable bonds is 7. The molecule has 0 aliphatic carbocycles. The molecule has 0 spiro atoms. The molecule has 0 fully saturated rings. The number of amides is 1. The average molecular weight is 298 g/mol. The summed E-state index contributed by atoms with van der Waals surface area (Å²) in [7, 11) is 1.23. The van der Waals surface area contributed by atoms with Crippen LogP contribution in [0.5, 0.6) is 5.75 Å². The highest BCUT2D eigenvalue weighted by atomic mass is 16.6.